The summed E-state index contributed by atoms with van der Waals surface area (Å²) < 4.78 is 5.36. The van der Waals surface area contributed by atoms with Gasteiger partial charge in [-0.05, 0) is 37.1 Å². The lowest BCUT2D eigenvalue weighted by Crippen LogP contribution is -2.28. The van der Waals surface area contributed by atoms with Crippen molar-refractivity contribution in [1.82, 2.24) is 5.32 Å². The van der Waals surface area contributed by atoms with Crippen LogP contribution in [0.5, 0.6) is 5.75 Å². The molecule has 3 nitrogen and oxygen atoms in total. The minimum atomic E-state index is 0.0857. The molecule has 1 aromatic carbocycles. The lowest BCUT2D eigenvalue weighted by atomic mass is 10.2. The minimum absolute atomic E-state index is 0.0857. The van der Waals surface area contributed by atoms with E-state index in [1.54, 1.807) is 0 Å². The Balaban J connectivity index is 2.32. The van der Waals surface area contributed by atoms with E-state index < -0.39 is 0 Å². The summed E-state index contributed by atoms with van der Waals surface area (Å²) >= 11 is 1.54. The van der Waals surface area contributed by atoms with Crippen LogP contribution in [-0.2, 0) is 4.79 Å². The molecule has 0 bridgehead atoms. The molecule has 0 fully saturated rings. The third-order valence-corrected chi connectivity index (χ3v) is 3.22. The largest absolute Gasteiger partial charge is 0.494 e. The molecule has 0 aliphatic heterocycles. The molecule has 0 aliphatic rings. The third kappa shape index (κ3) is 5.96. The van der Waals surface area contributed by atoms with Crippen molar-refractivity contribution in [1.29, 1.82) is 0 Å². The smallest absolute Gasteiger partial charge is 0.230 e. The third-order valence-electron chi connectivity index (χ3n) is 2.21. The van der Waals surface area contributed by atoms with Gasteiger partial charge in [-0.1, -0.05) is 13.8 Å². The average Bonchev–Trinajstić information content (AvgIpc) is 2.36. The molecule has 0 aromatic heterocycles. The number of benzene rings is 1. The minimum Gasteiger partial charge on any atom is -0.494 e. The van der Waals surface area contributed by atoms with Crippen molar-refractivity contribution >= 4 is 17.7 Å². The molecular weight excluding hydrogens is 246 g/mol. The standard InChI is InChI=1S/C14H21NO2S/c1-4-17-12-5-7-13(8-6-12)18-10-14(16)15-9-11(2)3/h5-8,11H,4,9-10H2,1-3H3,(H,15,16). The van der Waals surface area contributed by atoms with Crippen molar-refractivity contribution in [3.8, 4) is 5.75 Å². The van der Waals surface area contributed by atoms with Crippen LogP contribution in [-0.4, -0.2) is 24.8 Å². The monoisotopic (exact) mass is 267 g/mol. The van der Waals surface area contributed by atoms with E-state index in [1.165, 1.54) is 11.8 Å². The summed E-state index contributed by atoms with van der Waals surface area (Å²) in [5, 5.41) is 2.90. The maximum absolute atomic E-state index is 11.5. The molecule has 0 saturated carbocycles. The lowest BCUT2D eigenvalue weighted by Gasteiger charge is -2.07. The summed E-state index contributed by atoms with van der Waals surface area (Å²) in [5.41, 5.74) is 0. The molecule has 0 unspecified atom stereocenters. The second-order valence-electron chi connectivity index (χ2n) is 4.39. The Labute approximate surface area is 113 Å². The fourth-order valence-electron chi connectivity index (χ4n) is 1.32. The molecule has 0 atom stereocenters. The van der Waals surface area contributed by atoms with Gasteiger partial charge in [0.15, 0.2) is 0 Å². The van der Waals surface area contributed by atoms with E-state index in [2.05, 4.69) is 19.2 Å². The van der Waals surface area contributed by atoms with Crippen LogP contribution in [0.2, 0.25) is 0 Å². The second-order valence-corrected chi connectivity index (χ2v) is 5.44. The van der Waals surface area contributed by atoms with Gasteiger partial charge in [0.1, 0.15) is 5.75 Å². The molecule has 100 valence electrons. The van der Waals surface area contributed by atoms with Crippen LogP contribution in [0.4, 0.5) is 0 Å². The Morgan fingerprint density at radius 3 is 2.56 bits per heavy atom. The molecular formula is C14H21NO2S. The molecule has 0 spiro atoms. The van der Waals surface area contributed by atoms with Gasteiger partial charge >= 0.3 is 0 Å². The Morgan fingerprint density at radius 2 is 2.00 bits per heavy atom. The zero-order valence-corrected chi connectivity index (χ0v) is 12.0. The van der Waals surface area contributed by atoms with E-state index >= 15 is 0 Å². The molecule has 0 aliphatic carbocycles. The number of carbonyl (C=O) groups is 1. The lowest BCUT2D eigenvalue weighted by molar-refractivity contribution is -0.118. The van der Waals surface area contributed by atoms with Crippen LogP contribution >= 0.6 is 11.8 Å². The van der Waals surface area contributed by atoms with E-state index in [1.807, 2.05) is 31.2 Å². The maximum Gasteiger partial charge on any atom is 0.230 e. The predicted octanol–water partition coefficient (Wildman–Crippen LogP) is 2.95. The van der Waals surface area contributed by atoms with Gasteiger partial charge in [0, 0.05) is 11.4 Å². The first-order valence-corrected chi connectivity index (χ1v) is 7.22. The van der Waals surface area contributed by atoms with Crippen LogP contribution in [0.15, 0.2) is 29.2 Å². The molecule has 1 rings (SSSR count). The van der Waals surface area contributed by atoms with Crippen LogP contribution in [0.25, 0.3) is 0 Å². The predicted molar refractivity (Wildman–Crippen MR) is 76.2 cm³/mol. The molecule has 0 heterocycles. The van der Waals surface area contributed by atoms with Crippen molar-refractivity contribution in [3.05, 3.63) is 24.3 Å². The van der Waals surface area contributed by atoms with Gasteiger partial charge in [-0.15, -0.1) is 11.8 Å². The van der Waals surface area contributed by atoms with E-state index in [-0.39, 0.29) is 5.91 Å². The van der Waals surface area contributed by atoms with Gasteiger partial charge in [-0.25, -0.2) is 0 Å². The van der Waals surface area contributed by atoms with E-state index in [9.17, 15) is 4.79 Å². The maximum atomic E-state index is 11.5. The fourth-order valence-corrected chi connectivity index (χ4v) is 2.04. The average molecular weight is 267 g/mol. The number of amides is 1. The number of ether oxygens (including phenoxy) is 1. The Hall–Kier alpha value is -1.16. The SMILES string of the molecule is CCOc1ccc(SCC(=O)NCC(C)C)cc1. The van der Waals surface area contributed by atoms with Crippen molar-refractivity contribution in [2.45, 2.75) is 25.7 Å². The first-order chi connectivity index (χ1) is 8.61. The molecule has 18 heavy (non-hydrogen) atoms. The number of hydrogen-bond acceptors (Lipinski definition) is 3. The van der Waals surface area contributed by atoms with E-state index in [4.69, 9.17) is 4.74 Å². The van der Waals surface area contributed by atoms with Gasteiger partial charge in [0.2, 0.25) is 5.91 Å². The topological polar surface area (TPSA) is 38.3 Å². The highest BCUT2D eigenvalue weighted by molar-refractivity contribution is 8.00. The normalized spacial score (nSPS) is 10.4. The van der Waals surface area contributed by atoms with Crippen molar-refractivity contribution < 1.29 is 9.53 Å². The molecule has 0 saturated heterocycles. The highest BCUT2D eigenvalue weighted by Gasteiger charge is 2.03. The van der Waals surface area contributed by atoms with Crippen molar-refractivity contribution in [2.24, 2.45) is 5.92 Å². The van der Waals surface area contributed by atoms with E-state index in [0.29, 0.717) is 18.3 Å². The summed E-state index contributed by atoms with van der Waals surface area (Å²) in [5.74, 6) is 1.90. The fraction of sp³-hybridized carbons (Fsp3) is 0.500. The highest BCUT2D eigenvalue weighted by atomic mass is 32.2. The molecule has 1 aromatic rings. The quantitative estimate of drug-likeness (QED) is 0.772. The van der Waals surface area contributed by atoms with Crippen molar-refractivity contribution in [2.75, 3.05) is 18.9 Å². The van der Waals surface area contributed by atoms with Crippen LogP contribution in [0.1, 0.15) is 20.8 Å². The van der Waals surface area contributed by atoms with Gasteiger partial charge in [-0.2, -0.15) is 0 Å². The van der Waals surface area contributed by atoms with E-state index in [0.717, 1.165) is 17.2 Å². The molecule has 1 amide bonds. The zero-order chi connectivity index (χ0) is 13.4. The number of nitrogens with one attached hydrogen (secondary N) is 1. The number of rotatable bonds is 7. The van der Waals surface area contributed by atoms with Gasteiger partial charge < -0.3 is 10.1 Å². The van der Waals surface area contributed by atoms with Gasteiger partial charge in [-0.3, -0.25) is 4.79 Å². The summed E-state index contributed by atoms with van der Waals surface area (Å²) in [4.78, 5) is 12.6. The number of carbonyl (C=O) groups excluding carboxylic acids is 1. The van der Waals surface area contributed by atoms with Crippen LogP contribution in [0, 0.1) is 5.92 Å². The highest BCUT2D eigenvalue weighted by Crippen LogP contribution is 2.21. The molecule has 1 N–H and O–H groups in total. The second kappa shape index (κ2) is 8.03. The molecule has 0 radical (unpaired) electrons. The Kier molecular flexibility index (Phi) is 6.65. The van der Waals surface area contributed by atoms with Crippen LogP contribution < -0.4 is 10.1 Å². The number of thioether (sulfide) groups is 1. The first kappa shape index (κ1) is 14.9. The number of hydrogen-bond donors (Lipinski definition) is 1. The van der Waals surface area contributed by atoms with Gasteiger partial charge in [0.05, 0.1) is 12.4 Å². The Bertz CT molecular complexity index is 363. The summed E-state index contributed by atoms with van der Waals surface area (Å²) in [6.45, 7) is 7.54. The van der Waals surface area contributed by atoms with Gasteiger partial charge in [0.25, 0.3) is 0 Å². The Morgan fingerprint density at radius 1 is 1.33 bits per heavy atom. The first-order valence-electron chi connectivity index (χ1n) is 6.24. The zero-order valence-electron chi connectivity index (χ0n) is 11.2. The molecule has 4 heteroatoms. The van der Waals surface area contributed by atoms with Crippen LogP contribution in [0.3, 0.4) is 0 Å². The van der Waals surface area contributed by atoms with Crippen molar-refractivity contribution in [3.63, 3.8) is 0 Å². The summed E-state index contributed by atoms with van der Waals surface area (Å²) in [6, 6.07) is 7.81. The summed E-state index contributed by atoms with van der Waals surface area (Å²) in [7, 11) is 0. The summed E-state index contributed by atoms with van der Waals surface area (Å²) in [6.07, 6.45) is 0.